The van der Waals surface area contributed by atoms with Crippen LogP contribution < -0.4 is 11.2 Å². The third-order valence-electron chi connectivity index (χ3n) is 2.82. The number of rotatable bonds is 2. The van der Waals surface area contributed by atoms with Crippen molar-refractivity contribution in [3.05, 3.63) is 27.0 Å². The lowest BCUT2D eigenvalue weighted by atomic mass is 10.0. The van der Waals surface area contributed by atoms with Crippen LogP contribution in [0.4, 0.5) is 0 Å². The van der Waals surface area contributed by atoms with E-state index < -0.39 is 29.7 Å². The van der Waals surface area contributed by atoms with Crippen LogP contribution in [0.3, 0.4) is 0 Å². The van der Waals surface area contributed by atoms with E-state index in [0.29, 0.717) is 6.42 Å². The second-order valence-corrected chi connectivity index (χ2v) is 4.68. The number of aliphatic hydroxyl groups is 2. The van der Waals surface area contributed by atoms with E-state index in [9.17, 15) is 14.7 Å². The minimum absolute atomic E-state index is 0.0822. The molecule has 1 aliphatic heterocycles. The number of hydrogen-bond acceptors (Lipinski definition) is 6. The van der Waals surface area contributed by atoms with Crippen LogP contribution in [0.2, 0.25) is 0 Å². The highest BCUT2D eigenvalue weighted by molar-refractivity contribution is 7.80. The molecule has 18 heavy (non-hydrogen) atoms. The van der Waals surface area contributed by atoms with Crippen LogP contribution in [0.15, 0.2) is 20.7 Å². The zero-order chi connectivity index (χ0) is 13.3. The van der Waals surface area contributed by atoms with Gasteiger partial charge < -0.3 is 14.9 Å². The maximum atomic E-state index is 11.6. The van der Waals surface area contributed by atoms with Crippen molar-refractivity contribution in [3.8, 4) is 0 Å². The molecule has 0 spiro atoms. The SMILES string of the molecule is O=c1[nH]c(=O)n([C@H]2C[C@@H](O)C[C@@H](CO)O2)cc1S. The number of nitrogens with one attached hydrogen (secondary N) is 1. The summed E-state index contributed by atoms with van der Waals surface area (Å²) in [5, 5.41) is 18.7. The Kier molecular flexibility index (Phi) is 3.91. The van der Waals surface area contributed by atoms with Gasteiger partial charge in [0, 0.05) is 19.0 Å². The average molecular weight is 274 g/mol. The summed E-state index contributed by atoms with van der Waals surface area (Å²) in [6.07, 6.45) is -0.110. The molecule has 1 saturated heterocycles. The van der Waals surface area contributed by atoms with Crippen molar-refractivity contribution in [3.63, 3.8) is 0 Å². The smallest absolute Gasteiger partial charge is 0.330 e. The minimum atomic E-state index is -0.721. The fraction of sp³-hybridized carbons (Fsp3) is 0.600. The molecule has 1 aliphatic rings. The Balaban J connectivity index is 2.33. The maximum absolute atomic E-state index is 11.6. The van der Waals surface area contributed by atoms with Crippen molar-refractivity contribution in [2.24, 2.45) is 0 Å². The fourth-order valence-electron chi connectivity index (χ4n) is 1.95. The molecule has 100 valence electrons. The van der Waals surface area contributed by atoms with E-state index in [4.69, 9.17) is 9.84 Å². The molecule has 3 atom stereocenters. The monoisotopic (exact) mass is 274 g/mol. The molecule has 8 heteroatoms. The number of ether oxygens (including phenoxy) is 1. The molecular weight excluding hydrogens is 260 g/mol. The van der Waals surface area contributed by atoms with E-state index >= 15 is 0 Å². The second-order valence-electron chi connectivity index (χ2n) is 4.20. The van der Waals surface area contributed by atoms with E-state index in [1.807, 2.05) is 0 Å². The number of aromatic nitrogens is 2. The van der Waals surface area contributed by atoms with E-state index in [2.05, 4.69) is 17.6 Å². The first kappa shape index (κ1) is 13.3. The fourth-order valence-corrected chi connectivity index (χ4v) is 2.13. The molecule has 1 fully saturated rings. The van der Waals surface area contributed by atoms with Gasteiger partial charge in [-0.05, 0) is 0 Å². The lowest BCUT2D eigenvalue weighted by molar-refractivity contribution is -0.143. The molecule has 1 aromatic rings. The molecule has 0 bridgehead atoms. The van der Waals surface area contributed by atoms with E-state index in [1.54, 1.807) is 0 Å². The highest BCUT2D eigenvalue weighted by atomic mass is 32.1. The maximum Gasteiger partial charge on any atom is 0.330 e. The highest BCUT2D eigenvalue weighted by Crippen LogP contribution is 2.25. The van der Waals surface area contributed by atoms with Crippen LogP contribution in [0, 0.1) is 0 Å². The van der Waals surface area contributed by atoms with E-state index in [0.717, 1.165) is 4.57 Å². The van der Waals surface area contributed by atoms with Gasteiger partial charge in [-0.1, -0.05) is 0 Å². The van der Waals surface area contributed by atoms with Crippen LogP contribution >= 0.6 is 12.6 Å². The Labute approximate surface area is 107 Å². The molecule has 1 aromatic heterocycles. The van der Waals surface area contributed by atoms with Crippen molar-refractivity contribution in [2.75, 3.05) is 6.61 Å². The first-order chi connectivity index (χ1) is 8.51. The zero-order valence-electron chi connectivity index (χ0n) is 9.44. The topological polar surface area (TPSA) is 105 Å². The quantitative estimate of drug-likeness (QED) is 0.510. The Bertz CT molecular complexity index is 540. The summed E-state index contributed by atoms with van der Waals surface area (Å²) >= 11 is 3.93. The summed E-state index contributed by atoms with van der Waals surface area (Å²) in [5.41, 5.74) is -1.21. The predicted molar refractivity (Wildman–Crippen MR) is 64.8 cm³/mol. The van der Waals surface area contributed by atoms with Crippen molar-refractivity contribution >= 4 is 12.6 Å². The molecule has 0 saturated carbocycles. The summed E-state index contributed by atoms with van der Waals surface area (Å²) in [6, 6.07) is 0. The number of thiol groups is 1. The molecule has 0 aliphatic carbocycles. The van der Waals surface area contributed by atoms with Gasteiger partial charge in [0.2, 0.25) is 0 Å². The molecule has 3 N–H and O–H groups in total. The third-order valence-corrected chi connectivity index (χ3v) is 3.14. The third kappa shape index (κ3) is 2.66. The Morgan fingerprint density at radius 3 is 2.89 bits per heavy atom. The van der Waals surface area contributed by atoms with Crippen molar-refractivity contribution < 1.29 is 14.9 Å². The Morgan fingerprint density at radius 1 is 1.50 bits per heavy atom. The van der Waals surface area contributed by atoms with Crippen molar-refractivity contribution in [1.29, 1.82) is 0 Å². The first-order valence-electron chi connectivity index (χ1n) is 5.50. The minimum Gasteiger partial charge on any atom is -0.394 e. The summed E-state index contributed by atoms with van der Waals surface area (Å²) in [5.74, 6) is 0. The van der Waals surface area contributed by atoms with Gasteiger partial charge in [0.05, 0.1) is 23.7 Å². The molecule has 2 heterocycles. The molecule has 0 aromatic carbocycles. The summed E-state index contributed by atoms with van der Waals surface area (Å²) in [7, 11) is 0. The number of nitrogens with zero attached hydrogens (tertiary/aromatic N) is 1. The summed E-state index contributed by atoms with van der Waals surface area (Å²) in [6.45, 7) is -0.237. The van der Waals surface area contributed by atoms with E-state index in [-0.39, 0.29) is 17.9 Å². The predicted octanol–water partition coefficient (Wildman–Crippen LogP) is -1.14. The van der Waals surface area contributed by atoms with Crippen LogP contribution in [0.5, 0.6) is 0 Å². The van der Waals surface area contributed by atoms with Gasteiger partial charge in [0.1, 0.15) is 6.23 Å². The standard InChI is InChI=1S/C10H14N2O5S/c13-4-6-1-5(14)2-8(17-6)12-3-7(18)9(15)11-10(12)16/h3,5-6,8,13-14,18H,1-2,4H2,(H,11,15,16)/t5-,6-,8+/m0/s1. The average Bonchev–Trinajstić information content (AvgIpc) is 2.33. The van der Waals surface area contributed by atoms with Crippen molar-refractivity contribution in [2.45, 2.75) is 36.2 Å². The number of aromatic amines is 1. The molecule has 0 radical (unpaired) electrons. The molecule has 2 rings (SSSR count). The number of hydrogen-bond donors (Lipinski definition) is 4. The van der Waals surface area contributed by atoms with Gasteiger partial charge >= 0.3 is 5.69 Å². The lowest BCUT2D eigenvalue weighted by Gasteiger charge is -2.32. The number of H-pyrrole nitrogens is 1. The van der Waals surface area contributed by atoms with Crippen LogP contribution in [0.1, 0.15) is 19.1 Å². The lowest BCUT2D eigenvalue weighted by Crippen LogP contribution is -2.41. The largest absolute Gasteiger partial charge is 0.394 e. The molecule has 0 unspecified atom stereocenters. The molecule has 0 amide bonds. The van der Waals surface area contributed by atoms with Crippen LogP contribution in [0.25, 0.3) is 0 Å². The van der Waals surface area contributed by atoms with Gasteiger partial charge in [0.25, 0.3) is 5.56 Å². The highest BCUT2D eigenvalue weighted by Gasteiger charge is 2.29. The second kappa shape index (κ2) is 5.27. The Hall–Kier alpha value is -1.09. The first-order valence-corrected chi connectivity index (χ1v) is 5.94. The van der Waals surface area contributed by atoms with Gasteiger partial charge in [-0.25, -0.2) is 4.79 Å². The van der Waals surface area contributed by atoms with Gasteiger partial charge in [0.15, 0.2) is 0 Å². The van der Waals surface area contributed by atoms with E-state index in [1.165, 1.54) is 6.20 Å². The van der Waals surface area contributed by atoms with Crippen LogP contribution in [-0.2, 0) is 4.74 Å². The molecule has 7 nitrogen and oxygen atoms in total. The number of aliphatic hydroxyl groups excluding tert-OH is 2. The summed E-state index contributed by atoms with van der Waals surface area (Å²) < 4.78 is 6.63. The van der Waals surface area contributed by atoms with Gasteiger partial charge in [-0.2, -0.15) is 0 Å². The Morgan fingerprint density at radius 2 is 2.22 bits per heavy atom. The molecular formula is C10H14N2O5S. The van der Waals surface area contributed by atoms with Gasteiger partial charge in [-0.15, -0.1) is 12.6 Å². The summed E-state index contributed by atoms with van der Waals surface area (Å²) in [4.78, 5) is 25.0. The normalized spacial score (nSPS) is 28.3. The zero-order valence-corrected chi connectivity index (χ0v) is 10.3. The van der Waals surface area contributed by atoms with Crippen LogP contribution in [-0.4, -0.2) is 38.6 Å². The van der Waals surface area contributed by atoms with Gasteiger partial charge in [-0.3, -0.25) is 14.3 Å². The van der Waals surface area contributed by atoms with Crippen molar-refractivity contribution in [1.82, 2.24) is 9.55 Å².